The number of rotatable bonds is 2. The number of aromatic hydroxyl groups is 1. The van der Waals surface area contributed by atoms with Crippen LogP contribution in [0.4, 0.5) is 11.4 Å². The molecule has 0 radical (unpaired) electrons. The molecule has 0 heterocycles. The van der Waals surface area contributed by atoms with Gasteiger partial charge in [0.1, 0.15) is 5.56 Å². The van der Waals surface area contributed by atoms with Gasteiger partial charge in [0.25, 0.3) is 5.91 Å². The monoisotopic (exact) mass is 262 g/mol. The molecule has 0 saturated heterocycles. The van der Waals surface area contributed by atoms with E-state index in [0.717, 1.165) is 0 Å². The molecule has 2 aromatic carbocycles. The predicted octanol–water partition coefficient (Wildman–Crippen LogP) is 2.88. The predicted molar refractivity (Wildman–Crippen MR) is 71.9 cm³/mol. The number of hydrogen-bond acceptors (Lipinski definition) is 3. The van der Waals surface area contributed by atoms with E-state index in [2.05, 4.69) is 5.32 Å². The minimum absolute atomic E-state index is 0.0273. The first kappa shape index (κ1) is 12.3. The summed E-state index contributed by atoms with van der Waals surface area (Å²) in [4.78, 5) is 12.0. The topological polar surface area (TPSA) is 75.4 Å². The van der Waals surface area contributed by atoms with Gasteiger partial charge in [-0.15, -0.1) is 0 Å². The smallest absolute Gasteiger partial charge is 0.261 e. The molecule has 0 atom stereocenters. The summed E-state index contributed by atoms with van der Waals surface area (Å²) in [7, 11) is 0. The molecule has 0 fully saturated rings. The van der Waals surface area contributed by atoms with E-state index in [1.165, 1.54) is 12.1 Å². The molecule has 18 heavy (non-hydrogen) atoms. The van der Waals surface area contributed by atoms with E-state index in [4.69, 9.17) is 17.3 Å². The van der Waals surface area contributed by atoms with Gasteiger partial charge in [-0.1, -0.05) is 29.8 Å². The van der Waals surface area contributed by atoms with Crippen LogP contribution in [0.5, 0.6) is 5.75 Å². The van der Waals surface area contributed by atoms with Crippen LogP contribution in [0.3, 0.4) is 0 Å². The second kappa shape index (κ2) is 4.98. The first-order chi connectivity index (χ1) is 8.59. The Kier molecular flexibility index (Phi) is 3.39. The van der Waals surface area contributed by atoms with Crippen molar-refractivity contribution in [3.63, 3.8) is 0 Å². The Morgan fingerprint density at radius 2 is 1.83 bits per heavy atom. The van der Waals surface area contributed by atoms with Crippen molar-refractivity contribution in [3.8, 4) is 5.75 Å². The summed E-state index contributed by atoms with van der Waals surface area (Å²) in [5.41, 5.74) is 6.23. The van der Waals surface area contributed by atoms with Crippen LogP contribution < -0.4 is 11.1 Å². The highest BCUT2D eigenvalue weighted by molar-refractivity contribution is 6.35. The van der Waals surface area contributed by atoms with E-state index >= 15 is 0 Å². The molecule has 0 aliphatic heterocycles. The van der Waals surface area contributed by atoms with Crippen molar-refractivity contribution < 1.29 is 9.90 Å². The summed E-state index contributed by atoms with van der Waals surface area (Å²) in [6, 6.07) is 11.8. The number of para-hydroxylation sites is 1. The number of amides is 1. The number of phenols is 1. The molecular weight excluding hydrogens is 252 g/mol. The highest BCUT2D eigenvalue weighted by Crippen LogP contribution is 2.31. The molecule has 1 amide bonds. The average Bonchev–Trinajstić information content (AvgIpc) is 2.36. The lowest BCUT2D eigenvalue weighted by Gasteiger charge is -2.09. The number of carbonyl (C=O) groups is 1. The van der Waals surface area contributed by atoms with E-state index in [1.54, 1.807) is 24.3 Å². The lowest BCUT2D eigenvalue weighted by atomic mass is 10.1. The van der Waals surface area contributed by atoms with Gasteiger partial charge in [-0.3, -0.25) is 4.79 Å². The molecule has 0 spiro atoms. The third-order valence-corrected chi connectivity index (χ3v) is 2.73. The third kappa shape index (κ3) is 2.38. The summed E-state index contributed by atoms with van der Waals surface area (Å²) in [6.07, 6.45) is 0. The van der Waals surface area contributed by atoms with Gasteiger partial charge in [0, 0.05) is 5.69 Å². The first-order valence-electron chi connectivity index (χ1n) is 5.23. The Morgan fingerprint density at radius 3 is 2.50 bits per heavy atom. The van der Waals surface area contributed by atoms with Crippen molar-refractivity contribution in [1.29, 1.82) is 0 Å². The van der Waals surface area contributed by atoms with Gasteiger partial charge in [-0.2, -0.15) is 0 Å². The highest BCUT2D eigenvalue weighted by atomic mass is 35.5. The van der Waals surface area contributed by atoms with Gasteiger partial charge < -0.3 is 16.2 Å². The number of nitrogens with one attached hydrogen (secondary N) is 1. The minimum Gasteiger partial charge on any atom is -0.505 e. The zero-order chi connectivity index (χ0) is 13.1. The Morgan fingerprint density at radius 1 is 1.17 bits per heavy atom. The largest absolute Gasteiger partial charge is 0.505 e. The summed E-state index contributed by atoms with van der Waals surface area (Å²) < 4.78 is 0. The van der Waals surface area contributed by atoms with Gasteiger partial charge in [0.15, 0.2) is 5.75 Å². The second-order valence-electron chi connectivity index (χ2n) is 3.68. The number of phenolic OH excluding ortho intramolecular Hbond substituents is 1. The fourth-order valence-electron chi connectivity index (χ4n) is 1.51. The highest BCUT2D eigenvalue weighted by Gasteiger charge is 2.17. The molecule has 0 aliphatic carbocycles. The van der Waals surface area contributed by atoms with Crippen LogP contribution in [0.15, 0.2) is 42.5 Å². The Balaban J connectivity index is 2.33. The van der Waals surface area contributed by atoms with Crippen molar-refractivity contribution in [3.05, 3.63) is 53.1 Å². The number of benzene rings is 2. The minimum atomic E-state index is -0.504. The van der Waals surface area contributed by atoms with E-state index < -0.39 is 5.91 Å². The lowest BCUT2D eigenvalue weighted by Crippen LogP contribution is -2.13. The van der Waals surface area contributed by atoms with Crippen molar-refractivity contribution >= 4 is 28.9 Å². The SMILES string of the molecule is Nc1ccc(Cl)c(C(=O)Nc2ccccc2)c1O. The van der Waals surface area contributed by atoms with Gasteiger partial charge in [0.2, 0.25) is 0 Å². The van der Waals surface area contributed by atoms with Crippen LogP contribution >= 0.6 is 11.6 Å². The van der Waals surface area contributed by atoms with Crippen molar-refractivity contribution in [2.75, 3.05) is 11.1 Å². The maximum atomic E-state index is 12.0. The molecule has 4 N–H and O–H groups in total. The van der Waals surface area contributed by atoms with Crippen molar-refractivity contribution in [2.45, 2.75) is 0 Å². The summed E-state index contributed by atoms with van der Waals surface area (Å²) in [6.45, 7) is 0. The Labute approximate surface area is 109 Å². The number of nitrogens with two attached hydrogens (primary N) is 1. The van der Waals surface area contributed by atoms with Crippen LogP contribution in [0, 0.1) is 0 Å². The first-order valence-corrected chi connectivity index (χ1v) is 5.60. The number of anilines is 2. The summed E-state index contributed by atoms with van der Waals surface area (Å²) >= 11 is 5.89. The fourth-order valence-corrected chi connectivity index (χ4v) is 1.75. The molecule has 0 unspecified atom stereocenters. The third-order valence-electron chi connectivity index (χ3n) is 2.42. The average molecular weight is 263 g/mol. The standard InChI is InChI=1S/C13H11ClN2O2/c14-9-6-7-10(15)12(17)11(9)13(18)16-8-4-2-1-3-5-8/h1-7,17H,15H2,(H,16,18). The molecule has 0 aliphatic rings. The molecule has 2 aromatic rings. The Hall–Kier alpha value is -2.20. The number of nitrogen functional groups attached to an aromatic ring is 1. The second-order valence-corrected chi connectivity index (χ2v) is 4.09. The van der Waals surface area contributed by atoms with E-state index in [0.29, 0.717) is 5.69 Å². The zero-order valence-corrected chi connectivity index (χ0v) is 10.1. The van der Waals surface area contributed by atoms with Crippen LogP contribution in [-0.2, 0) is 0 Å². The van der Waals surface area contributed by atoms with E-state index in [1.807, 2.05) is 6.07 Å². The molecule has 0 saturated carbocycles. The van der Waals surface area contributed by atoms with Gasteiger partial charge in [0.05, 0.1) is 10.7 Å². The Bertz CT molecular complexity index is 585. The zero-order valence-electron chi connectivity index (χ0n) is 9.35. The normalized spacial score (nSPS) is 10.1. The maximum absolute atomic E-state index is 12.0. The number of halogens is 1. The van der Waals surface area contributed by atoms with Gasteiger partial charge in [-0.05, 0) is 24.3 Å². The maximum Gasteiger partial charge on any atom is 0.261 e. The van der Waals surface area contributed by atoms with Crippen molar-refractivity contribution in [1.82, 2.24) is 0 Å². The fraction of sp³-hybridized carbons (Fsp3) is 0. The van der Waals surface area contributed by atoms with Crippen molar-refractivity contribution in [2.24, 2.45) is 0 Å². The quantitative estimate of drug-likeness (QED) is 0.575. The van der Waals surface area contributed by atoms with Crippen LogP contribution in [0.1, 0.15) is 10.4 Å². The molecular formula is C13H11ClN2O2. The van der Waals surface area contributed by atoms with Gasteiger partial charge >= 0.3 is 0 Å². The number of hydrogen-bond donors (Lipinski definition) is 3. The van der Waals surface area contributed by atoms with Crippen LogP contribution in [0.25, 0.3) is 0 Å². The molecule has 2 rings (SSSR count). The molecule has 5 heteroatoms. The van der Waals surface area contributed by atoms with Crippen LogP contribution in [-0.4, -0.2) is 11.0 Å². The molecule has 0 aromatic heterocycles. The van der Waals surface area contributed by atoms with E-state index in [-0.39, 0.29) is 22.0 Å². The summed E-state index contributed by atoms with van der Waals surface area (Å²) in [5.74, 6) is -0.813. The molecule has 0 bridgehead atoms. The lowest BCUT2D eigenvalue weighted by molar-refractivity contribution is 0.102. The van der Waals surface area contributed by atoms with E-state index in [9.17, 15) is 9.90 Å². The summed E-state index contributed by atoms with van der Waals surface area (Å²) in [5, 5.41) is 12.5. The molecule has 4 nitrogen and oxygen atoms in total. The van der Waals surface area contributed by atoms with Crippen LogP contribution in [0.2, 0.25) is 5.02 Å². The number of carbonyl (C=O) groups excluding carboxylic acids is 1. The molecule has 92 valence electrons. The van der Waals surface area contributed by atoms with Gasteiger partial charge in [-0.25, -0.2) is 0 Å².